The Morgan fingerprint density at radius 3 is 2.37 bits per heavy atom. The van der Waals surface area contributed by atoms with Crippen LogP contribution in [0, 0.1) is 12.3 Å². The number of nitrogens with one attached hydrogen (secondary N) is 3. The van der Waals surface area contributed by atoms with Crippen LogP contribution in [-0.2, 0) is 45.3 Å². The van der Waals surface area contributed by atoms with Gasteiger partial charge in [0.05, 0.1) is 45.0 Å². The summed E-state index contributed by atoms with van der Waals surface area (Å²) < 4.78 is 50.7. The van der Waals surface area contributed by atoms with E-state index in [4.69, 9.17) is 4.74 Å². The van der Waals surface area contributed by atoms with Crippen LogP contribution in [0.5, 0.6) is 0 Å². The number of aromatic nitrogens is 7. The molecule has 1 fully saturated rings. The Bertz CT molecular complexity index is 3140. The number of β-amino-alcohol motifs (C(OH)–C–C–N with tert-alkyl or cyclic N) is 1. The zero-order valence-corrected chi connectivity index (χ0v) is 44.5. The van der Waals surface area contributed by atoms with Crippen LogP contribution in [-0.4, -0.2) is 112 Å². The van der Waals surface area contributed by atoms with E-state index in [-0.39, 0.29) is 43.1 Å². The van der Waals surface area contributed by atoms with E-state index in [0.29, 0.717) is 68.9 Å². The highest BCUT2D eigenvalue weighted by Gasteiger charge is 2.44. The summed E-state index contributed by atoms with van der Waals surface area (Å²) in [5.41, 5.74) is 6.43. The summed E-state index contributed by atoms with van der Waals surface area (Å²) in [5, 5.41) is 34.2. The largest absolute Gasteiger partial charge is 0.416 e. The Morgan fingerprint density at radius 1 is 0.908 bits per heavy atom. The van der Waals surface area contributed by atoms with Crippen molar-refractivity contribution in [1.29, 1.82) is 0 Å². The van der Waals surface area contributed by atoms with E-state index in [0.717, 1.165) is 68.7 Å². The summed E-state index contributed by atoms with van der Waals surface area (Å²) in [5.74, 6) is -1.26. The van der Waals surface area contributed by atoms with Crippen LogP contribution >= 0.6 is 11.3 Å². The maximum absolute atomic E-state index is 14.1. The summed E-state index contributed by atoms with van der Waals surface area (Å²) in [6.07, 6.45) is 2.93. The zero-order chi connectivity index (χ0) is 54.3. The molecule has 404 valence electrons. The van der Waals surface area contributed by atoms with E-state index in [9.17, 15) is 37.5 Å². The summed E-state index contributed by atoms with van der Waals surface area (Å²) >= 11 is 1.57. The number of amides is 4. The number of thiazole rings is 1. The maximum Gasteiger partial charge on any atom is 0.416 e. The van der Waals surface area contributed by atoms with Crippen molar-refractivity contribution >= 4 is 56.9 Å². The number of likely N-dealkylation sites (tertiary alicyclic amines) is 1. The number of unbranched alkanes of at least 4 members (excludes halogenated alkanes) is 2. The minimum Gasteiger partial charge on any atom is -0.391 e. The number of alkyl halides is 3. The Kier molecular flexibility index (Phi) is 17.4. The van der Waals surface area contributed by atoms with Crippen molar-refractivity contribution in [2.45, 2.75) is 123 Å². The topological polar surface area (TPSA) is 203 Å². The Labute approximate surface area is 443 Å². The Hall–Kier alpha value is -6.97. The van der Waals surface area contributed by atoms with E-state index in [1.807, 2.05) is 76.8 Å². The van der Waals surface area contributed by atoms with Crippen LogP contribution in [0.3, 0.4) is 0 Å². The molecule has 0 spiro atoms. The molecule has 4 atom stereocenters. The fourth-order valence-corrected chi connectivity index (χ4v) is 10.4. The molecule has 0 unspecified atom stereocenters. The van der Waals surface area contributed by atoms with E-state index in [1.165, 1.54) is 17.0 Å². The number of ether oxygens (including phenoxy) is 1. The van der Waals surface area contributed by atoms with Crippen molar-refractivity contribution < 1.29 is 42.2 Å². The first-order chi connectivity index (χ1) is 36.2. The van der Waals surface area contributed by atoms with Crippen molar-refractivity contribution in [3.63, 3.8) is 0 Å². The van der Waals surface area contributed by atoms with Gasteiger partial charge in [0.25, 0.3) is 5.91 Å². The SMILES string of the molecule is Cc1ncsc1-c1ccc([C@H](C)NC(=O)[C@@H]2C[C@@H](O)CN2C(=O)[C@@H](NC(=O)CCCCCc2cn(CCCOCCCNC(=O)c3ccc4c(c3)c3cn(C)nc3n4-c3ccc(C(F)(F)F)cc3)nn2)C(C)(C)C)cc1. The molecule has 1 saturated heterocycles. The average molecular weight is 1070 g/mol. The first kappa shape index (κ1) is 55.3. The third-order valence-corrected chi connectivity index (χ3v) is 14.7. The molecule has 7 aromatic rings. The lowest BCUT2D eigenvalue weighted by Crippen LogP contribution is -2.57. The maximum atomic E-state index is 14.1. The van der Waals surface area contributed by atoms with Crippen LogP contribution in [0.15, 0.2) is 84.6 Å². The third kappa shape index (κ3) is 13.3. The quantitative estimate of drug-likeness (QED) is 0.0479. The number of hydrogen-bond acceptors (Lipinski definition) is 11. The van der Waals surface area contributed by atoms with Crippen LogP contribution < -0.4 is 16.0 Å². The molecule has 17 nitrogen and oxygen atoms in total. The standard InChI is InChI=1S/C55H66F3N11O6S/c1-34(36-14-16-37(17-15-36)48-35(2)60-33-76-48)61-52(73)46-29-42(70)31-68(46)53(74)49(54(3,4)5)62-47(71)13-9-7-8-12-40-30-67(65-63-40)25-11-27-75-26-10-24-59-51(72)38-18-23-45-43(28-38)44-32-66(6)64-50(44)69(45)41-21-19-39(20-22-41)55(56,57)58/h14-23,28,30,32-34,42,46,49,70H,7-13,24-27,29,31H2,1-6H3,(H,59,72)(H,61,73)(H,62,71)/t34-,42+,46-,49+/m0/s1. The van der Waals surface area contributed by atoms with Gasteiger partial charge in [-0.05, 0) is 105 Å². The molecule has 4 aromatic heterocycles. The van der Waals surface area contributed by atoms with Crippen molar-refractivity contribution in [2.75, 3.05) is 26.3 Å². The second kappa shape index (κ2) is 23.9. The number of nitrogens with zero attached hydrogens (tertiary/aromatic N) is 8. The van der Waals surface area contributed by atoms with Gasteiger partial charge in [-0.1, -0.05) is 56.7 Å². The number of halogens is 3. The van der Waals surface area contributed by atoms with Crippen molar-refractivity contribution in [3.8, 4) is 16.1 Å². The van der Waals surface area contributed by atoms with Crippen molar-refractivity contribution in [3.05, 3.63) is 113 Å². The summed E-state index contributed by atoms with van der Waals surface area (Å²) in [6, 6.07) is 16.0. The second-order valence-corrected chi connectivity index (χ2v) is 21.5. The highest BCUT2D eigenvalue weighted by Crippen LogP contribution is 2.35. The number of fused-ring (bicyclic) bond motifs is 3. The predicted octanol–water partition coefficient (Wildman–Crippen LogP) is 8.26. The molecule has 0 bridgehead atoms. The Balaban J connectivity index is 0.707. The lowest BCUT2D eigenvalue weighted by atomic mass is 9.85. The molecule has 1 aliphatic rings. The van der Waals surface area contributed by atoms with Gasteiger partial charge in [0.1, 0.15) is 12.1 Å². The summed E-state index contributed by atoms with van der Waals surface area (Å²) in [4.78, 5) is 61.1. The second-order valence-electron chi connectivity index (χ2n) is 20.6. The zero-order valence-electron chi connectivity index (χ0n) is 43.7. The van der Waals surface area contributed by atoms with Crippen molar-refractivity contribution in [2.24, 2.45) is 12.5 Å². The predicted molar refractivity (Wildman–Crippen MR) is 283 cm³/mol. The fraction of sp³-hybridized carbons (Fsp3) is 0.455. The number of carbonyl (C=O) groups excluding carboxylic acids is 4. The molecular formula is C55H66F3N11O6S. The van der Waals surface area contributed by atoms with Gasteiger partial charge in [-0.2, -0.15) is 18.3 Å². The van der Waals surface area contributed by atoms with E-state index in [1.54, 1.807) is 50.5 Å². The molecule has 5 heterocycles. The number of hydrogen-bond donors (Lipinski definition) is 4. The number of rotatable bonds is 22. The van der Waals surface area contributed by atoms with Crippen LogP contribution in [0.25, 0.3) is 38.1 Å². The smallest absolute Gasteiger partial charge is 0.391 e. The van der Waals surface area contributed by atoms with Crippen LogP contribution in [0.1, 0.15) is 112 Å². The van der Waals surface area contributed by atoms with Gasteiger partial charge < -0.3 is 30.7 Å². The van der Waals surface area contributed by atoms with Gasteiger partial charge in [0, 0.05) is 87.2 Å². The monoisotopic (exact) mass is 1070 g/mol. The number of aryl methyl sites for hydroxylation is 4. The van der Waals surface area contributed by atoms with Gasteiger partial charge in [-0.15, -0.1) is 16.4 Å². The first-order valence-corrected chi connectivity index (χ1v) is 26.6. The van der Waals surface area contributed by atoms with Gasteiger partial charge in [0.15, 0.2) is 5.65 Å². The molecule has 0 aliphatic carbocycles. The number of carbonyl (C=O) groups is 4. The lowest BCUT2D eigenvalue weighted by molar-refractivity contribution is -0.144. The van der Waals surface area contributed by atoms with Gasteiger partial charge in [-0.3, -0.25) is 33.1 Å². The molecule has 21 heteroatoms. The van der Waals surface area contributed by atoms with E-state index < -0.39 is 41.2 Å². The molecule has 8 rings (SSSR count). The highest BCUT2D eigenvalue weighted by atomic mass is 32.1. The fourth-order valence-electron chi connectivity index (χ4n) is 9.58. The molecular weight excluding hydrogens is 1000 g/mol. The van der Waals surface area contributed by atoms with Gasteiger partial charge in [0.2, 0.25) is 17.7 Å². The molecule has 1 aliphatic heterocycles. The molecule has 0 radical (unpaired) electrons. The minimum absolute atomic E-state index is 0.00208. The molecule has 0 saturated carbocycles. The average Bonchev–Trinajstić information content (AvgIpc) is 4.24. The molecule has 3 aromatic carbocycles. The normalized spacial score (nSPS) is 15.8. The Morgan fingerprint density at radius 2 is 1.66 bits per heavy atom. The van der Waals surface area contributed by atoms with Gasteiger partial charge in [-0.25, -0.2) is 4.98 Å². The number of aliphatic hydroxyl groups is 1. The highest BCUT2D eigenvalue weighted by molar-refractivity contribution is 7.13. The number of benzene rings is 3. The first-order valence-electron chi connectivity index (χ1n) is 25.7. The summed E-state index contributed by atoms with van der Waals surface area (Å²) in [6.45, 7) is 11.4. The number of aliphatic hydroxyl groups excluding tert-OH is 1. The van der Waals surface area contributed by atoms with E-state index >= 15 is 0 Å². The lowest BCUT2D eigenvalue weighted by Gasteiger charge is -2.35. The minimum atomic E-state index is -4.45. The van der Waals surface area contributed by atoms with Crippen LogP contribution in [0.4, 0.5) is 13.2 Å². The molecule has 4 amide bonds. The van der Waals surface area contributed by atoms with Gasteiger partial charge >= 0.3 is 6.18 Å². The molecule has 76 heavy (non-hydrogen) atoms. The van der Waals surface area contributed by atoms with Crippen molar-refractivity contribution in [1.82, 2.24) is 55.2 Å². The third-order valence-electron chi connectivity index (χ3n) is 13.7. The van der Waals surface area contributed by atoms with E-state index in [2.05, 4.69) is 36.3 Å². The van der Waals surface area contributed by atoms with Crippen LogP contribution in [0.2, 0.25) is 0 Å². The summed E-state index contributed by atoms with van der Waals surface area (Å²) in [7, 11) is 1.76. The molecule has 4 N–H and O–H groups in total.